The Morgan fingerprint density at radius 3 is 2.58 bits per heavy atom. The van der Waals surface area contributed by atoms with Crippen LogP contribution in [0.3, 0.4) is 0 Å². The summed E-state index contributed by atoms with van der Waals surface area (Å²) >= 11 is 0. The van der Waals surface area contributed by atoms with Gasteiger partial charge in [-0.15, -0.1) is 0 Å². The molecule has 0 radical (unpaired) electrons. The molecule has 19 heavy (non-hydrogen) atoms. The fourth-order valence-electron chi connectivity index (χ4n) is 1.83. The van der Waals surface area contributed by atoms with Gasteiger partial charge in [-0.1, -0.05) is 36.4 Å². The van der Waals surface area contributed by atoms with Crippen molar-refractivity contribution < 1.29 is 4.79 Å². The van der Waals surface area contributed by atoms with E-state index in [1.54, 1.807) is 0 Å². The first-order valence-electron chi connectivity index (χ1n) is 6.45. The second-order valence-electron chi connectivity index (χ2n) is 4.28. The lowest BCUT2D eigenvalue weighted by Gasteiger charge is -2.08. The summed E-state index contributed by atoms with van der Waals surface area (Å²) in [6, 6.07) is 17.7. The monoisotopic (exact) mass is 254 g/mol. The van der Waals surface area contributed by atoms with E-state index in [0.717, 1.165) is 12.2 Å². The van der Waals surface area contributed by atoms with Crippen LogP contribution in [0.1, 0.15) is 22.8 Å². The Labute approximate surface area is 113 Å². The van der Waals surface area contributed by atoms with E-state index in [1.807, 2.05) is 49.4 Å². The third kappa shape index (κ3) is 3.85. The molecule has 2 rings (SSSR count). The van der Waals surface area contributed by atoms with Crippen molar-refractivity contribution in [1.82, 2.24) is 5.32 Å². The first-order valence-corrected chi connectivity index (χ1v) is 6.45. The van der Waals surface area contributed by atoms with Gasteiger partial charge in [-0.05, 0) is 30.7 Å². The minimum Gasteiger partial charge on any atom is -0.381 e. The molecule has 3 nitrogen and oxygen atoms in total. The third-order valence-corrected chi connectivity index (χ3v) is 2.80. The summed E-state index contributed by atoms with van der Waals surface area (Å²) in [7, 11) is 0. The van der Waals surface area contributed by atoms with Gasteiger partial charge in [-0.2, -0.15) is 0 Å². The van der Waals surface area contributed by atoms with Gasteiger partial charge in [-0.3, -0.25) is 4.79 Å². The molecule has 0 saturated carbocycles. The maximum Gasteiger partial charge on any atom is 0.251 e. The summed E-state index contributed by atoms with van der Waals surface area (Å²) in [6.07, 6.45) is 0. The van der Waals surface area contributed by atoms with Crippen molar-refractivity contribution in [3.05, 3.63) is 65.7 Å². The minimum atomic E-state index is -0.0362. The quantitative estimate of drug-likeness (QED) is 0.861. The predicted molar refractivity (Wildman–Crippen MR) is 78.2 cm³/mol. The average Bonchev–Trinajstić information content (AvgIpc) is 2.47. The lowest BCUT2D eigenvalue weighted by molar-refractivity contribution is 0.0956. The number of amides is 1. The summed E-state index contributed by atoms with van der Waals surface area (Å²) in [5, 5.41) is 6.11. The second kappa shape index (κ2) is 6.59. The maximum atomic E-state index is 11.7. The first kappa shape index (κ1) is 13.1. The first-order chi connectivity index (χ1) is 9.29. The highest BCUT2D eigenvalue weighted by molar-refractivity contribution is 5.95. The highest BCUT2D eigenvalue weighted by Crippen LogP contribution is 2.12. The second-order valence-corrected chi connectivity index (χ2v) is 4.28. The van der Waals surface area contributed by atoms with Crippen LogP contribution in [-0.2, 0) is 6.54 Å². The van der Waals surface area contributed by atoms with Crippen LogP contribution in [0, 0.1) is 0 Å². The molecule has 98 valence electrons. The average molecular weight is 254 g/mol. The van der Waals surface area contributed by atoms with Gasteiger partial charge in [0.15, 0.2) is 0 Å². The number of anilines is 1. The Balaban J connectivity index is 2.01. The van der Waals surface area contributed by atoms with Crippen molar-refractivity contribution >= 4 is 11.6 Å². The zero-order valence-electron chi connectivity index (χ0n) is 11.0. The van der Waals surface area contributed by atoms with E-state index in [2.05, 4.69) is 22.8 Å². The fourth-order valence-corrected chi connectivity index (χ4v) is 1.83. The summed E-state index contributed by atoms with van der Waals surface area (Å²) in [4.78, 5) is 11.7. The third-order valence-electron chi connectivity index (χ3n) is 2.80. The molecule has 0 heterocycles. The van der Waals surface area contributed by atoms with Crippen LogP contribution < -0.4 is 10.6 Å². The molecule has 0 aliphatic heterocycles. The van der Waals surface area contributed by atoms with Crippen LogP contribution in [0.25, 0.3) is 0 Å². The molecule has 2 aromatic carbocycles. The Kier molecular flexibility index (Phi) is 4.56. The van der Waals surface area contributed by atoms with Crippen molar-refractivity contribution in [1.29, 1.82) is 0 Å². The maximum absolute atomic E-state index is 11.7. The molecular formula is C16H18N2O. The van der Waals surface area contributed by atoms with Gasteiger partial charge in [0.1, 0.15) is 0 Å². The molecule has 2 N–H and O–H groups in total. The zero-order valence-corrected chi connectivity index (χ0v) is 11.0. The van der Waals surface area contributed by atoms with Crippen LogP contribution >= 0.6 is 0 Å². The van der Waals surface area contributed by atoms with Gasteiger partial charge in [-0.25, -0.2) is 0 Å². The van der Waals surface area contributed by atoms with E-state index < -0.39 is 0 Å². The van der Waals surface area contributed by atoms with Gasteiger partial charge >= 0.3 is 0 Å². The van der Waals surface area contributed by atoms with Crippen LogP contribution in [0.5, 0.6) is 0 Å². The molecular weight excluding hydrogens is 236 g/mol. The Morgan fingerprint density at radius 2 is 1.84 bits per heavy atom. The predicted octanol–water partition coefficient (Wildman–Crippen LogP) is 3.05. The minimum absolute atomic E-state index is 0.0362. The largest absolute Gasteiger partial charge is 0.381 e. The van der Waals surface area contributed by atoms with E-state index in [1.165, 1.54) is 5.56 Å². The number of hydrogen-bond donors (Lipinski definition) is 2. The van der Waals surface area contributed by atoms with Gasteiger partial charge in [0.25, 0.3) is 5.91 Å². The highest BCUT2D eigenvalue weighted by atomic mass is 16.1. The molecule has 0 aliphatic rings. The summed E-state index contributed by atoms with van der Waals surface area (Å²) in [5.74, 6) is -0.0362. The number of hydrogen-bond acceptors (Lipinski definition) is 2. The Bertz CT molecular complexity index is 537. The van der Waals surface area contributed by atoms with Crippen molar-refractivity contribution in [3.8, 4) is 0 Å². The van der Waals surface area contributed by atoms with E-state index in [4.69, 9.17) is 0 Å². The Morgan fingerprint density at radius 1 is 1.05 bits per heavy atom. The highest BCUT2D eigenvalue weighted by Gasteiger charge is 2.04. The number of carbonyl (C=O) groups excluding carboxylic acids is 1. The zero-order chi connectivity index (χ0) is 13.5. The van der Waals surface area contributed by atoms with Crippen molar-refractivity contribution in [2.75, 3.05) is 11.9 Å². The molecule has 1 amide bonds. The summed E-state index contributed by atoms with van der Waals surface area (Å²) in [5.41, 5.74) is 2.85. The van der Waals surface area contributed by atoms with E-state index in [9.17, 15) is 4.79 Å². The number of rotatable bonds is 5. The van der Waals surface area contributed by atoms with Gasteiger partial charge in [0, 0.05) is 24.3 Å². The lowest BCUT2D eigenvalue weighted by atomic mass is 10.1. The molecule has 0 atom stereocenters. The molecule has 2 aromatic rings. The normalized spacial score (nSPS) is 9.95. The smallest absolute Gasteiger partial charge is 0.251 e. The van der Waals surface area contributed by atoms with Crippen molar-refractivity contribution in [2.45, 2.75) is 13.5 Å². The SMILES string of the molecule is CCNC(=O)c1cccc(NCc2ccccc2)c1. The molecule has 0 spiro atoms. The topological polar surface area (TPSA) is 41.1 Å². The van der Waals surface area contributed by atoms with Gasteiger partial charge in [0.05, 0.1) is 0 Å². The van der Waals surface area contributed by atoms with Crippen molar-refractivity contribution in [3.63, 3.8) is 0 Å². The van der Waals surface area contributed by atoms with Gasteiger partial charge in [0.2, 0.25) is 0 Å². The van der Waals surface area contributed by atoms with Gasteiger partial charge < -0.3 is 10.6 Å². The molecule has 0 saturated heterocycles. The Hall–Kier alpha value is -2.29. The molecule has 0 aliphatic carbocycles. The molecule has 0 unspecified atom stereocenters. The summed E-state index contributed by atoms with van der Waals surface area (Å²) in [6.45, 7) is 3.30. The number of carbonyl (C=O) groups is 1. The van der Waals surface area contributed by atoms with Crippen LogP contribution in [0.2, 0.25) is 0 Å². The van der Waals surface area contributed by atoms with Crippen LogP contribution in [0.4, 0.5) is 5.69 Å². The molecule has 0 aromatic heterocycles. The number of nitrogens with one attached hydrogen (secondary N) is 2. The van der Waals surface area contributed by atoms with Crippen molar-refractivity contribution in [2.24, 2.45) is 0 Å². The summed E-state index contributed by atoms with van der Waals surface area (Å²) < 4.78 is 0. The lowest BCUT2D eigenvalue weighted by Crippen LogP contribution is -2.22. The molecule has 0 fully saturated rings. The fraction of sp³-hybridized carbons (Fsp3) is 0.188. The van der Waals surface area contributed by atoms with E-state index >= 15 is 0 Å². The molecule has 3 heteroatoms. The number of benzene rings is 2. The standard InChI is InChI=1S/C16H18N2O/c1-2-17-16(19)14-9-6-10-15(11-14)18-12-13-7-4-3-5-8-13/h3-11,18H,2,12H2,1H3,(H,17,19). The van der Waals surface area contributed by atoms with Crippen LogP contribution in [0.15, 0.2) is 54.6 Å². The van der Waals surface area contributed by atoms with E-state index in [-0.39, 0.29) is 5.91 Å². The van der Waals surface area contributed by atoms with Crippen LogP contribution in [-0.4, -0.2) is 12.5 Å². The van der Waals surface area contributed by atoms with E-state index in [0.29, 0.717) is 12.1 Å². The molecule has 0 bridgehead atoms.